The number of nitrogens with two attached hydrogens (primary N) is 7. The summed E-state index contributed by atoms with van der Waals surface area (Å²) < 4.78 is 0. The summed E-state index contributed by atoms with van der Waals surface area (Å²) in [6, 6.07) is -16.7. The summed E-state index contributed by atoms with van der Waals surface area (Å²) in [5.41, 5.74) is 40.8. The van der Waals surface area contributed by atoms with E-state index in [0.717, 1.165) is 64.2 Å². The number of aliphatic carboxylic acids is 1. The fourth-order valence-electron chi connectivity index (χ4n) is 12.7. The van der Waals surface area contributed by atoms with Crippen molar-refractivity contribution in [2.45, 2.75) is 384 Å². The molecule has 664 valence electrons. The van der Waals surface area contributed by atoms with Gasteiger partial charge in [-0.05, 0) is 202 Å². The summed E-state index contributed by atoms with van der Waals surface area (Å²) >= 11 is 0. The number of carboxylic acids is 1. The molecule has 0 fully saturated rings. The van der Waals surface area contributed by atoms with Crippen LogP contribution in [0.1, 0.15) is 299 Å². The Morgan fingerprint density at radius 3 is 0.557 bits per heavy atom. The van der Waals surface area contributed by atoms with Crippen LogP contribution in [0.3, 0.4) is 0 Å². The van der Waals surface area contributed by atoms with Crippen molar-refractivity contribution in [3.8, 4) is 0 Å². The zero-order chi connectivity index (χ0) is 86.5. The largest absolute Gasteiger partial charge is 0.480 e. The van der Waals surface area contributed by atoms with Crippen molar-refractivity contribution in [3.63, 3.8) is 0 Å². The molecule has 0 unspecified atom stereocenters. The standard InChI is InChI=1S/C80H154N20O15/c1-9-13-17-21-38-58(95-71(105)57(87)37-25-31-47-81)72(106)88-53(5)67(101)92-62(42-26-32-48-82)76(110)96-59(39-22-18-14-10-2)73(107)89-55(7)69(103)94-64(44-28-34-50-84)78(112)99-65(45-29-35-51-85)79(113)98-61(41-24-20-16-12-4)74(108)90-54(6)68(102)93-63(43-27-33-49-83)77(111)97-60(40-23-19-15-11-3)75(109)91-56(8)70(104)100-66(80(114)115)46-30-36-52-86/h53-66H,9-52,81-87H2,1-8H3,(H,88,106)(H,89,107)(H,90,108)(H,91,109)(H,92,101)(H,93,102)(H,94,103)(H,95,105)(H,96,110)(H,97,111)(H,98,113)(H,99,112)(H,100,104)(H,114,115)/t53-,54-,55-,56-,57-,58-,59+,60-,61+,62-,63-,64-,65-,66-/m1/s1. The molecule has 0 radical (unpaired) electrons. The van der Waals surface area contributed by atoms with Crippen LogP contribution >= 0.6 is 0 Å². The van der Waals surface area contributed by atoms with Gasteiger partial charge in [0.15, 0.2) is 0 Å². The topological polar surface area (TPSA) is 598 Å². The van der Waals surface area contributed by atoms with Crippen LogP contribution in [0.25, 0.3) is 0 Å². The second-order valence-corrected chi connectivity index (χ2v) is 30.5. The molecule has 0 saturated heterocycles. The van der Waals surface area contributed by atoms with Crippen molar-refractivity contribution in [2.24, 2.45) is 40.1 Å². The Kier molecular flexibility index (Phi) is 61.9. The van der Waals surface area contributed by atoms with Gasteiger partial charge in [-0.25, -0.2) is 4.79 Å². The van der Waals surface area contributed by atoms with Crippen molar-refractivity contribution in [2.75, 3.05) is 39.3 Å². The number of nitrogens with one attached hydrogen (secondary N) is 13. The monoisotopic (exact) mass is 1640 g/mol. The first kappa shape index (κ1) is 107. The number of hydrogen-bond acceptors (Lipinski definition) is 21. The third-order valence-corrected chi connectivity index (χ3v) is 20.1. The van der Waals surface area contributed by atoms with Crippen LogP contribution in [0, 0.1) is 0 Å². The van der Waals surface area contributed by atoms with Crippen molar-refractivity contribution in [1.29, 1.82) is 0 Å². The van der Waals surface area contributed by atoms with Crippen LogP contribution in [-0.2, 0) is 67.1 Å². The lowest BCUT2D eigenvalue weighted by atomic mass is 10.0. The van der Waals surface area contributed by atoms with Crippen LogP contribution in [0.4, 0.5) is 0 Å². The van der Waals surface area contributed by atoms with Gasteiger partial charge in [0.05, 0.1) is 6.04 Å². The first-order valence-electron chi connectivity index (χ1n) is 43.1. The van der Waals surface area contributed by atoms with Crippen molar-refractivity contribution < 1.29 is 72.2 Å². The van der Waals surface area contributed by atoms with Gasteiger partial charge in [0.1, 0.15) is 78.5 Å². The zero-order valence-electron chi connectivity index (χ0n) is 70.9. The van der Waals surface area contributed by atoms with Gasteiger partial charge in [-0.2, -0.15) is 0 Å². The van der Waals surface area contributed by atoms with Crippen LogP contribution in [0.15, 0.2) is 0 Å². The lowest BCUT2D eigenvalue weighted by Gasteiger charge is -2.28. The second kappa shape index (κ2) is 66.3. The van der Waals surface area contributed by atoms with E-state index >= 15 is 0 Å². The number of amides is 13. The maximum absolute atomic E-state index is 14.7. The van der Waals surface area contributed by atoms with Gasteiger partial charge in [-0.3, -0.25) is 62.3 Å². The van der Waals surface area contributed by atoms with E-state index < -0.39 is 167 Å². The fourth-order valence-corrected chi connectivity index (χ4v) is 12.7. The molecular formula is C80H154N20O15. The highest BCUT2D eigenvalue weighted by molar-refractivity contribution is 6.00. The zero-order valence-corrected chi connectivity index (χ0v) is 70.9. The maximum Gasteiger partial charge on any atom is 0.326 e. The Bertz CT molecular complexity index is 2830. The van der Waals surface area contributed by atoms with Gasteiger partial charge >= 0.3 is 5.97 Å². The number of carbonyl (C=O) groups excluding carboxylic acids is 13. The van der Waals surface area contributed by atoms with E-state index in [1.165, 1.54) is 27.7 Å². The minimum Gasteiger partial charge on any atom is -0.480 e. The van der Waals surface area contributed by atoms with E-state index in [0.29, 0.717) is 142 Å². The summed E-state index contributed by atoms with van der Waals surface area (Å²) in [5, 5.41) is 45.0. The third-order valence-electron chi connectivity index (χ3n) is 20.1. The van der Waals surface area contributed by atoms with Crippen LogP contribution in [0.2, 0.25) is 0 Å². The predicted molar refractivity (Wildman–Crippen MR) is 446 cm³/mol. The van der Waals surface area contributed by atoms with Gasteiger partial charge in [0.25, 0.3) is 0 Å². The average molecular weight is 1640 g/mol. The minimum absolute atomic E-state index is 0.0457. The highest BCUT2D eigenvalue weighted by atomic mass is 16.4. The molecule has 0 aliphatic carbocycles. The summed E-state index contributed by atoms with van der Waals surface area (Å²) in [7, 11) is 0. The maximum atomic E-state index is 14.7. The molecule has 35 heteroatoms. The smallest absolute Gasteiger partial charge is 0.326 e. The van der Waals surface area contributed by atoms with Crippen LogP contribution in [-0.4, -0.2) is 212 Å². The SMILES string of the molecule is CCCCCC[C@H](NC(=O)[C@@H](CCCCN)NC(=O)[C@@H](C)NC(=O)[C@@H](CCCCCC)NC(=O)[C@H](N)CCCCN)C(=O)N[C@H](C)C(=O)N[C@H](CCCCN)C(=O)N[C@H](CCCCN)C(=O)N[C@@H](CCCCCC)C(=O)N[C@H](C)C(=O)N[C@H](CCCCN)C(=O)N[C@H](CCCCCC)C(=O)N[C@H](C)C(=O)N[C@H](CCCCN)C(=O)O. The molecule has 0 aromatic heterocycles. The van der Waals surface area contributed by atoms with E-state index in [-0.39, 0.29) is 77.5 Å². The molecule has 0 bridgehead atoms. The summed E-state index contributed by atoms with van der Waals surface area (Å²) in [4.78, 5) is 195. The molecule has 0 saturated carbocycles. The average Bonchev–Trinajstić information content (AvgIpc) is 0.866. The third kappa shape index (κ3) is 48.6. The number of carbonyl (C=O) groups is 14. The Labute approximate surface area is 684 Å². The molecule has 0 rings (SSSR count). The highest BCUT2D eigenvalue weighted by Crippen LogP contribution is 2.16. The van der Waals surface area contributed by atoms with Gasteiger partial charge in [0, 0.05) is 0 Å². The van der Waals surface area contributed by atoms with Gasteiger partial charge in [-0.15, -0.1) is 0 Å². The first-order valence-corrected chi connectivity index (χ1v) is 43.1. The predicted octanol–water partition coefficient (Wildman–Crippen LogP) is 1.44. The normalized spacial score (nSPS) is 14.9. The Morgan fingerprint density at radius 2 is 0.365 bits per heavy atom. The molecule has 115 heavy (non-hydrogen) atoms. The highest BCUT2D eigenvalue weighted by Gasteiger charge is 2.36. The molecule has 13 amide bonds. The number of unbranched alkanes of at least 4 members (excludes halogenated alkanes) is 18. The van der Waals surface area contributed by atoms with E-state index in [4.69, 9.17) is 40.1 Å². The Hall–Kier alpha value is -7.70. The Balaban J connectivity index is 6.95. The quantitative estimate of drug-likeness (QED) is 0.0383. The summed E-state index contributed by atoms with van der Waals surface area (Å²) in [6.07, 6.45) is 19.1. The minimum atomic E-state index is -1.31. The number of rotatable bonds is 71. The molecule has 28 N–H and O–H groups in total. The Morgan fingerprint density at radius 1 is 0.209 bits per heavy atom. The van der Waals surface area contributed by atoms with Gasteiger partial charge in [-0.1, -0.05) is 137 Å². The van der Waals surface area contributed by atoms with E-state index in [1.807, 2.05) is 27.7 Å². The molecule has 14 atom stereocenters. The molecule has 0 aromatic rings. The lowest BCUT2D eigenvalue weighted by Crippen LogP contribution is -2.60. The number of carboxylic acid groups (broad SMARTS) is 1. The lowest BCUT2D eigenvalue weighted by molar-refractivity contribution is -0.142. The van der Waals surface area contributed by atoms with Crippen molar-refractivity contribution >= 4 is 82.8 Å². The van der Waals surface area contributed by atoms with E-state index in [9.17, 15) is 72.2 Å². The van der Waals surface area contributed by atoms with Crippen LogP contribution in [0.5, 0.6) is 0 Å². The molecule has 35 nitrogen and oxygen atoms in total. The molecule has 0 aromatic carbocycles. The van der Waals surface area contributed by atoms with E-state index in [2.05, 4.69) is 69.1 Å². The van der Waals surface area contributed by atoms with Crippen LogP contribution < -0.4 is 109 Å². The first-order chi connectivity index (χ1) is 55.0. The number of hydrogen-bond donors (Lipinski definition) is 21. The van der Waals surface area contributed by atoms with E-state index in [1.54, 1.807) is 0 Å². The molecule has 0 aliphatic rings. The molecule has 0 spiro atoms. The summed E-state index contributed by atoms with van der Waals surface area (Å²) in [5.74, 6) is -10.5. The summed E-state index contributed by atoms with van der Waals surface area (Å²) in [6.45, 7) is 15.5. The van der Waals surface area contributed by atoms with Crippen molar-refractivity contribution in [1.82, 2.24) is 69.1 Å². The van der Waals surface area contributed by atoms with Crippen molar-refractivity contribution in [3.05, 3.63) is 0 Å². The second-order valence-electron chi connectivity index (χ2n) is 30.5. The fraction of sp³-hybridized carbons (Fsp3) is 0.825. The molecular weight excluding hydrogens is 1480 g/mol. The molecule has 0 heterocycles. The van der Waals surface area contributed by atoms with Gasteiger partial charge < -0.3 is 114 Å². The van der Waals surface area contributed by atoms with Gasteiger partial charge in [0.2, 0.25) is 76.8 Å². The molecule has 0 aliphatic heterocycles.